The molecule has 1 N–H and O–H groups in total. The van der Waals surface area contributed by atoms with Crippen LogP contribution in [0.15, 0.2) is 18.2 Å². The van der Waals surface area contributed by atoms with Crippen molar-refractivity contribution in [1.82, 2.24) is 5.32 Å². The van der Waals surface area contributed by atoms with Crippen molar-refractivity contribution in [3.05, 3.63) is 33.9 Å². The minimum absolute atomic E-state index is 0.0637. The zero-order valence-electron chi connectivity index (χ0n) is 14.3. The van der Waals surface area contributed by atoms with Crippen LogP contribution in [0, 0.1) is 10.1 Å². The molecule has 1 fully saturated rings. The number of non-ortho nitro benzene ring substituents is 1. The van der Waals surface area contributed by atoms with Gasteiger partial charge in [-0.25, -0.2) is 0 Å². The van der Waals surface area contributed by atoms with Crippen molar-refractivity contribution in [3.8, 4) is 0 Å². The van der Waals surface area contributed by atoms with Gasteiger partial charge in [-0.05, 0) is 39.2 Å². The van der Waals surface area contributed by atoms with Gasteiger partial charge in [-0.2, -0.15) is 0 Å². The van der Waals surface area contributed by atoms with E-state index in [2.05, 4.69) is 10.2 Å². The van der Waals surface area contributed by atoms with Gasteiger partial charge >= 0.3 is 0 Å². The molecule has 0 unspecified atom stereocenters. The molecule has 0 spiro atoms. The number of carbonyl (C=O) groups is 1. The third kappa shape index (κ3) is 4.92. The summed E-state index contributed by atoms with van der Waals surface area (Å²) in [6.07, 6.45) is 3.02. The number of amides is 1. The fourth-order valence-corrected chi connectivity index (χ4v) is 2.74. The molecule has 0 atom stereocenters. The van der Waals surface area contributed by atoms with E-state index in [4.69, 9.17) is 4.74 Å². The number of carbonyl (C=O) groups excluding carboxylic acids is 1. The predicted octanol–water partition coefficient (Wildman–Crippen LogP) is 2.74. The molecule has 1 aromatic rings. The van der Waals surface area contributed by atoms with Crippen molar-refractivity contribution in [2.45, 2.75) is 39.2 Å². The number of hydrogen-bond acceptors (Lipinski definition) is 5. The second-order valence-electron chi connectivity index (χ2n) is 6.18. The van der Waals surface area contributed by atoms with Crippen LogP contribution in [-0.2, 0) is 4.74 Å². The molecule has 24 heavy (non-hydrogen) atoms. The first-order chi connectivity index (χ1) is 11.5. The summed E-state index contributed by atoms with van der Waals surface area (Å²) in [6.45, 7) is 6.73. The van der Waals surface area contributed by atoms with Gasteiger partial charge in [0.05, 0.1) is 22.3 Å². The highest BCUT2D eigenvalue weighted by Gasteiger charge is 2.22. The average Bonchev–Trinajstić information content (AvgIpc) is 3.07. The van der Waals surface area contributed by atoms with Gasteiger partial charge in [0.15, 0.2) is 0 Å². The summed E-state index contributed by atoms with van der Waals surface area (Å²) in [5.74, 6) is -0.273. The van der Waals surface area contributed by atoms with E-state index in [0.29, 0.717) is 25.1 Å². The number of anilines is 1. The summed E-state index contributed by atoms with van der Waals surface area (Å²) >= 11 is 0. The topological polar surface area (TPSA) is 84.7 Å². The van der Waals surface area contributed by atoms with Crippen molar-refractivity contribution in [2.75, 3.05) is 31.1 Å². The van der Waals surface area contributed by atoms with Crippen molar-refractivity contribution in [2.24, 2.45) is 0 Å². The molecule has 1 saturated heterocycles. The molecule has 7 nitrogen and oxygen atoms in total. The van der Waals surface area contributed by atoms with Crippen molar-refractivity contribution >= 4 is 17.3 Å². The lowest BCUT2D eigenvalue weighted by atomic mass is 10.1. The average molecular weight is 335 g/mol. The molecule has 0 bridgehead atoms. The first-order valence-corrected chi connectivity index (χ1v) is 8.42. The van der Waals surface area contributed by atoms with Crippen LogP contribution in [0.2, 0.25) is 0 Å². The smallest absolute Gasteiger partial charge is 0.270 e. The Balaban J connectivity index is 2.05. The van der Waals surface area contributed by atoms with Gasteiger partial charge in [-0.3, -0.25) is 14.9 Å². The van der Waals surface area contributed by atoms with Gasteiger partial charge in [0.25, 0.3) is 11.6 Å². The number of rotatable bonds is 8. The Hall–Kier alpha value is -2.15. The molecule has 0 aliphatic carbocycles. The molecule has 2 rings (SSSR count). The Kier molecular flexibility index (Phi) is 6.54. The maximum atomic E-state index is 12.5. The number of ether oxygens (including phenoxy) is 1. The molecule has 0 saturated carbocycles. The Morgan fingerprint density at radius 1 is 1.38 bits per heavy atom. The lowest BCUT2D eigenvalue weighted by Gasteiger charge is -2.21. The van der Waals surface area contributed by atoms with Gasteiger partial charge < -0.3 is 15.0 Å². The number of nitrogens with zero attached hydrogens (tertiary/aromatic N) is 2. The van der Waals surface area contributed by atoms with Crippen LogP contribution in [0.1, 0.15) is 43.5 Å². The van der Waals surface area contributed by atoms with E-state index >= 15 is 0 Å². The molecule has 132 valence electrons. The third-order valence-corrected chi connectivity index (χ3v) is 3.94. The van der Waals surface area contributed by atoms with Crippen LogP contribution in [0.4, 0.5) is 11.4 Å². The summed E-state index contributed by atoms with van der Waals surface area (Å²) in [5.41, 5.74) is 1.08. The third-order valence-electron chi connectivity index (χ3n) is 3.94. The molecule has 1 heterocycles. The van der Waals surface area contributed by atoms with E-state index in [1.807, 2.05) is 13.8 Å². The first-order valence-electron chi connectivity index (χ1n) is 8.42. The Morgan fingerprint density at radius 2 is 2.08 bits per heavy atom. The fraction of sp³-hybridized carbons (Fsp3) is 0.588. The van der Waals surface area contributed by atoms with E-state index in [-0.39, 0.29) is 17.7 Å². The molecular weight excluding hydrogens is 310 g/mol. The monoisotopic (exact) mass is 335 g/mol. The molecular formula is C17H25N3O4. The highest BCUT2D eigenvalue weighted by atomic mass is 16.6. The number of nitrogens with one attached hydrogen (secondary N) is 1. The second kappa shape index (κ2) is 8.63. The molecule has 1 aromatic carbocycles. The zero-order valence-corrected chi connectivity index (χ0v) is 14.3. The molecule has 1 aliphatic heterocycles. The lowest BCUT2D eigenvalue weighted by Crippen LogP contribution is -2.29. The van der Waals surface area contributed by atoms with Crippen LogP contribution < -0.4 is 10.2 Å². The SMILES string of the molecule is CC(C)OCCCNC(=O)c1cc([N+](=O)[O-])ccc1N1CCCC1. The van der Waals surface area contributed by atoms with Gasteiger partial charge in [0.2, 0.25) is 0 Å². The highest BCUT2D eigenvalue weighted by molar-refractivity contribution is 6.00. The summed E-state index contributed by atoms with van der Waals surface area (Å²) in [5, 5.41) is 13.8. The van der Waals surface area contributed by atoms with Crippen molar-refractivity contribution in [3.63, 3.8) is 0 Å². The van der Waals surface area contributed by atoms with Gasteiger partial charge in [-0.1, -0.05) is 0 Å². The standard InChI is InChI=1S/C17H25N3O4/c1-13(2)24-11-5-8-18-17(21)15-12-14(20(22)23)6-7-16(15)19-9-3-4-10-19/h6-7,12-13H,3-5,8-11H2,1-2H3,(H,18,21). The van der Waals surface area contributed by atoms with Crippen molar-refractivity contribution < 1.29 is 14.5 Å². The number of hydrogen-bond donors (Lipinski definition) is 1. The van der Waals surface area contributed by atoms with Crippen LogP contribution in [0.5, 0.6) is 0 Å². The van der Waals surface area contributed by atoms with E-state index in [1.54, 1.807) is 6.07 Å². The van der Waals surface area contributed by atoms with E-state index in [0.717, 1.165) is 31.6 Å². The predicted molar refractivity (Wildman–Crippen MR) is 92.6 cm³/mol. The van der Waals surface area contributed by atoms with E-state index in [9.17, 15) is 14.9 Å². The Morgan fingerprint density at radius 3 is 2.71 bits per heavy atom. The summed E-state index contributed by atoms with van der Waals surface area (Å²) < 4.78 is 5.44. The maximum Gasteiger partial charge on any atom is 0.270 e. The summed E-state index contributed by atoms with van der Waals surface area (Å²) in [7, 11) is 0. The minimum Gasteiger partial charge on any atom is -0.379 e. The number of nitro groups is 1. The molecule has 1 aliphatic rings. The van der Waals surface area contributed by atoms with E-state index in [1.165, 1.54) is 12.1 Å². The number of nitro benzene ring substituents is 1. The Labute approximate surface area is 142 Å². The van der Waals surface area contributed by atoms with Crippen LogP contribution in [0.3, 0.4) is 0 Å². The largest absolute Gasteiger partial charge is 0.379 e. The molecule has 0 aromatic heterocycles. The fourth-order valence-electron chi connectivity index (χ4n) is 2.74. The maximum absolute atomic E-state index is 12.5. The summed E-state index contributed by atoms with van der Waals surface area (Å²) in [6, 6.07) is 4.51. The lowest BCUT2D eigenvalue weighted by molar-refractivity contribution is -0.384. The molecule has 1 amide bonds. The zero-order chi connectivity index (χ0) is 17.5. The van der Waals surface area contributed by atoms with Crippen molar-refractivity contribution in [1.29, 1.82) is 0 Å². The number of benzene rings is 1. The van der Waals surface area contributed by atoms with Gasteiger partial charge in [0, 0.05) is 38.4 Å². The highest BCUT2D eigenvalue weighted by Crippen LogP contribution is 2.28. The van der Waals surface area contributed by atoms with Crippen LogP contribution in [-0.4, -0.2) is 43.2 Å². The van der Waals surface area contributed by atoms with Gasteiger partial charge in [0.1, 0.15) is 0 Å². The van der Waals surface area contributed by atoms with E-state index < -0.39 is 4.92 Å². The van der Waals surface area contributed by atoms with Crippen LogP contribution in [0.25, 0.3) is 0 Å². The molecule has 0 radical (unpaired) electrons. The first kappa shape index (κ1) is 18.2. The minimum atomic E-state index is -0.471. The second-order valence-corrected chi connectivity index (χ2v) is 6.18. The quantitative estimate of drug-likeness (QED) is 0.448. The summed E-state index contributed by atoms with van der Waals surface area (Å²) in [4.78, 5) is 25.1. The van der Waals surface area contributed by atoms with Gasteiger partial charge in [-0.15, -0.1) is 0 Å². The Bertz CT molecular complexity index is 583. The normalized spacial score (nSPS) is 14.2. The molecule has 7 heteroatoms. The van der Waals surface area contributed by atoms with Crippen LogP contribution >= 0.6 is 0 Å².